The number of nitrogens with zero attached hydrogens (tertiary/aromatic N) is 3. The van der Waals surface area contributed by atoms with Crippen molar-refractivity contribution in [2.24, 2.45) is 0 Å². The smallest absolute Gasteiger partial charge is 0.420 e. The Balaban J connectivity index is 1.34. The lowest BCUT2D eigenvalue weighted by Crippen LogP contribution is -2.10. The van der Waals surface area contributed by atoms with Gasteiger partial charge in [0.1, 0.15) is 5.75 Å². The van der Waals surface area contributed by atoms with Crippen molar-refractivity contribution in [3.05, 3.63) is 83.5 Å². The highest BCUT2D eigenvalue weighted by Crippen LogP contribution is 2.39. The van der Waals surface area contributed by atoms with Gasteiger partial charge < -0.3 is 15.0 Å². The van der Waals surface area contributed by atoms with Gasteiger partial charge >= 0.3 is 6.18 Å². The van der Waals surface area contributed by atoms with E-state index >= 15 is 0 Å². The van der Waals surface area contributed by atoms with Crippen LogP contribution in [0.2, 0.25) is 0 Å². The van der Waals surface area contributed by atoms with E-state index in [4.69, 9.17) is 4.74 Å². The normalized spacial score (nSPS) is 11.4. The quantitative estimate of drug-likeness (QED) is 0.224. The largest absolute Gasteiger partial charge is 0.493 e. The lowest BCUT2D eigenvalue weighted by atomic mass is 10.1. The molecule has 188 valence electrons. The van der Waals surface area contributed by atoms with E-state index < -0.39 is 11.7 Å². The van der Waals surface area contributed by atoms with Crippen molar-refractivity contribution in [3.8, 4) is 17.0 Å². The second kappa shape index (κ2) is 11.4. The number of hydrogen-bond acceptors (Lipinski definition) is 6. The molecule has 5 nitrogen and oxygen atoms in total. The number of hydrogen-bond donors (Lipinski definition) is 1. The van der Waals surface area contributed by atoms with Gasteiger partial charge in [-0.15, -0.1) is 11.3 Å². The van der Waals surface area contributed by atoms with Crippen molar-refractivity contribution in [2.75, 3.05) is 30.9 Å². The maximum atomic E-state index is 13.7. The van der Waals surface area contributed by atoms with Gasteiger partial charge in [-0.2, -0.15) is 13.2 Å². The van der Waals surface area contributed by atoms with Gasteiger partial charge in [0.25, 0.3) is 0 Å². The minimum atomic E-state index is -4.54. The number of benzene rings is 2. The molecule has 0 saturated heterocycles. The Kier molecular flexibility index (Phi) is 8.10. The zero-order valence-corrected chi connectivity index (χ0v) is 20.9. The van der Waals surface area contributed by atoms with Crippen molar-refractivity contribution in [2.45, 2.75) is 25.4 Å². The molecule has 0 unspecified atom stereocenters. The monoisotopic (exact) mass is 512 g/mol. The van der Waals surface area contributed by atoms with Crippen molar-refractivity contribution >= 4 is 27.8 Å². The van der Waals surface area contributed by atoms with E-state index in [1.54, 1.807) is 24.5 Å². The Labute approximate surface area is 212 Å². The molecule has 0 spiro atoms. The fourth-order valence-electron chi connectivity index (χ4n) is 3.63. The lowest BCUT2D eigenvalue weighted by molar-refractivity contribution is -0.138. The summed E-state index contributed by atoms with van der Waals surface area (Å²) in [5.74, 6) is -0.168. The molecule has 0 atom stereocenters. The average Bonchev–Trinajstić information content (AvgIpc) is 3.33. The van der Waals surface area contributed by atoms with Gasteiger partial charge in [-0.25, -0.2) is 4.98 Å². The fourth-order valence-corrected chi connectivity index (χ4v) is 4.37. The summed E-state index contributed by atoms with van der Waals surface area (Å²) >= 11 is 1.31. The predicted molar refractivity (Wildman–Crippen MR) is 139 cm³/mol. The first kappa shape index (κ1) is 25.5. The molecule has 2 aromatic heterocycles. The molecule has 36 heavy (non-hydrogen) atoms. The molecule has 9 heteroatoms. The number of unbranched alkanes of at least 4 members (excludes halogenated alkanes) is 1. The van der Waals surface area contributed by atoms with Crippen molar-refractivity contribution < 1.29 is 17.9 Å². The maximum absolute atomic E-state index is 13.7. The molecular weight excluding hydrogens is 485 g/mol. The number of pyridine rings is 1. The third-order valence-corrected chi connectivity index (χ3v) is 6.33. The van der Waals surface area contributed by atoms with Crippen LogP contribution in [0.25, 0.3) is 11.3 Å². The third-order valence-electron chi connectivity index (χ3n) is 5.57. The number of anilines is 3. The highest BCUT2D eigenvalue weighted by molar-refractivity contribution is 7.14. The number of ether oxygens (including phenoxy) is 1. The Morgan fingerprint density at radius 1 is 1.03 bits per heavy atom. The first-order chi connectivity index (χ1) is 17.3. The van der Waals surface area contributed by atoms with Crippen LogP contribution in [0.4, 0.5) is 29.7 Å². The number of halogens is 3. The van der Waals surface area contributed by atoms with Crippen molar-refractivity contribution in [1.82, 2.24) is 9.97 Å². The van der Waals surface area contributed by atoms with E-state index in [0.717, 1.165) is 30.2 Å². The first-order valence-corrected chi connectivity index (χ1v) is 12.4. The highest BCUT2D eigenvalue weighted by atomic mass is 32.1. The summed E-state index contributed by atoms with van der Waals surface area (Å²) in [6.07, 6.45) is 1.15. The second-order valence-corrected chi connectivity index (χ2v) is 9.34. The molecule has 2 aromatic carbocycles. The molecular formula is C27H27F3N4OS. The molecule has 4 rings (SSSR count). The van der Waals surface area contributed by atoms with Crippen molar-refractivity contribution in [1.29, 1.82) is 0 Å². The topological polar surface area (TPSA) is 50.3 Å². The SMILES string of the molecule is CN(C)c1ccc(CCCCOc2ccc(Nc3nc(-c4cccnc4)cs3)cc2C(F)(F)F)cc1. The van der Waals surface area contributed by atoms with Gasteiger partial charge in [0.15, 0.2) is 5.13 Å². The van der Waals surface area contributed by atoms with Crippen LogP contribution >= 0.6 is 11.3 Å². The van der Waals surface area contributed by atoms with Gasteiger partial charge in [0.2, 0.25) is 0 Å². The van der Waals surface area contributed by atoms with Gasteiger partial charge in [0.05, 0.1) is 17.9 Å². The molecule has 0 aliphatic heterocycles. The summed E-state index contributed by atoms with van der Waals surface area (Å²) in [6.45, 7) is 0.215. The molecule has 0 aliphatic rings. The molecule has 2 heterocycles. The van der Waals surface area contributed by atoms with E-state index in [2.05, 4.69) is 39.6 Å². The second-order valence-electron chi connectivity index (χ2n) is 8.48. The summed E-state index contributed by atoms with van der Waals surface area (Å²) in [5.41, 5.74) is 3.36. The first-order valence-electron chi connectivity index (χ1n) is 11.5. The Morgan fingerprint density at radius 2 is 1.83 bits per heavy atom. The van der Waals surface area contributed by atoms with E-state index in [-0.39, 0.29) is 12.4 Å². The van der Waals surface area contributed by atoms with Gasteiger partial charge in [-0.1, -0.05) is 12.1 Å². The predicted octanol–water partition coefficient (Wildman–Crippen LogP) is 7.44. The fraction of sp³-hybridized carbons (Fsp3) is 0.259. The molecule has 0 saturated carbocycles. The zero-order valence-electron chi connectivity index (χ0n) is 20.0. The summed E-state index contributed by atoms with van der Waals surface area (Å²) in [6, 6.07) is 15.9. The maximum Gasteiger partial charge on any atom is 0.420 e. The minimum absolute atomic E-state index is 0.168. The molecule has 4 aromatic rings. The Hall–Kier alpha value is -3.59. The number of aryl methyl sites for hydroxylation is 1. The van der Waals surface area contributed by atoms with Gasteiger partial charge in [-0.05, 0) is 67.3 Å². The van der Waals surface area contributed by atoms with Gasteiger partial charge in [0, 0.05) is 48.8 Å². The number of thiazole rings is 1. The minimum Gasteiger partial charge on any atom is -0.493 e. The summed E-state index contributed by atoms with van der Waals surface area (Å²) in [5, 5.41) is 5.29. The van der Waals surface area contributed by atoms with Crippen LogP contribution in [-0.2, 0) is 12.6 Å². The summed E-state index contributed by atoms with van der Waals surface area (Å²) in [4.78, 5) is 10.6. The molecule has 0 radical (unpaired) electrons. The molecule has 0 amide bonds. The number of nitrogens with one attached hydrogen (secondary N) is 1. The number of rotatable bonds is 10. The van der Waals surface area contributed by atoms with E-state index in [1.807, 2.05) is 30.4 Å². The van der Waals surface area contributed by atoms with Crippen LogP contribution in [0.3, 0.4) is 0 Å². The molecule has 0 aliphatic carbocycles. The standard InChI is InChI=1S/C27H27F3N4OS/c1-34(2)22-11-8-19(9-12-22)6-3-4-15-35-25-13-10-21(16-23(25)27(28,29)30)32-26-33-24(18-36-26)20-7-5-14-31-17-20/h5,7-14,16-18H,3-4,6,15H2,1-2H3,(H,32,33). The van der Waals surface area contributed by atoms with E-state index in [9.17, 15) is 13.2 Å². The van der Waals surface area contributed by atoms with Gasteiger partial charge in [-0.3, -0.25) is 4.98 Å². The Morgan fingerprint density at radius 3 is 2.53 bits per heavy atom. The van der Waals surface area contributed by atoms with Crippen LogP contribution in [0.15, 0.2) is 72.4 Å². The Bertz CT molecular complexity index is 1260. The van der Waals surface area contributed by atoms with Crippen LogP contribution in [0, 0.1) is 0 Å². The molecule has 0 bridgehead atoms. The van der Waals surface area contributed by atoms with Crippen LogP contribution in [-0.4, -0.2) is 30.7 Å². The van der Waals surface area contributed by atoms with Crippen molar-refractivity contribution in [3.63, 3.8) is 0 Å². The van der Waals surface area contributed by atoms with Crippen LogP contribution in [0.1, 0.15) is 24.0 Å². The van der Waals surface area contributed by atoms with E-state index in [0.29, 0.717) is 22.9 Å². The third kappa shape index (κ3) is 6.75. The molecule has 1 N–H and O–H groups in total. The number of aromatic nitrogens is 2. The van der Waals surface area contributed by atoms with Crippen LogP contribution < -0.4 is 15.0 Å². The lowest BCUT2D eigenvalue weighted by Gasteiger charge is -2.16. The number of alkyl halides is 3. The summed E-state index contributed by atoms with van der Waals surface area (Å²) < 4.78 is 46.8. The van der Waals surface area contributed by atoms with E-state index in [1.165, 1.54) is 23.0 Å². The molecule has 0 fully saturated rings. The highest BCUT2D eigenvalue weighted by Gasteiger charge is 2.34. The summed E-state index contributed by atoms with van der Waals surface area (Å²) in [7, 11) is 3.98. The average molecular weight is 513 g/mol. The van der Waals surface area contributed by atoms with Crippen LogP contribution in [0.5, 0.6) is 5.75 Å². The zero-order chi connectivity index (χ0) is 25.5.